The quantitative estimate of drug-likeness (QED) is 0.441. The third-order valence-electron chi connectivity index (χ3n) is 3.92. The minimum atomic E-state index is -0.0806. The maximum absolute atomic E-state index is 12.8. The Morgan fingerprint density at radius 1 is 1.04 bits per heavy atom. The molecule has 0 aliphatic carbocycles. The number of amides is 1. The molecule has 2 aromatic carbocycles. The fourth-order valence-corrected chi connectivity index (χ4v) is 4.53. The van der Waals surface area contributed by atoms with Crippen LogP contribution < -0.4 is 5.32 Å². The zero-order valence-corrected chi connectivity index (χ0v) is 15.0. The highest BCUT2D eigenvalue weighted by Crippen LogP contribution is 2.29. The van der Waals surface area contributed by atoms with Crippen LogP contribution in [0.4, 0.5) is 5.69 Å². The van der Waals surface area contributed by atoms with Gasteiger partial charge in [0.15, 0.2) is 0 Å². The number of thioether (sulfide) groups is 1. The number of nitrogens with one attached hydrogen (secondary N) is 2. The van der Waals surface area contributed by atoms with E-state index in [9.17, 15) is 4.79 Å². The summed E-state index contributed by atoms with van der Waals surface area (Å²) >= 11 is 3.43. The van der Waals surface area contributed by atoms with Crippen LogP contribution >= 0.6 is 23.1 Å². The van der Waals surface area contributed by atoms with Crippen molar-refractivity contribution in [3.63, 3.8) is 0 Å². The summed E-state index contributed by atoms with van der Waals surface area (Å²) in [5, 5.41) is 6.14. The van der Waals surface area contributed by atoms with Gasteiger partial charge in [0.2, 0.25) is 0 Å². The molecule has 0 saturated heterocycles. The molecule has 2 aromatic heterocycles. The molecule has 0 fully saturated rings. The zero-order valence-electron chi connectivity index (χ0n) is 13.4. The summed E-state index contributed by atoms with van der Waals surface area (Å²) in [7, 11) is 0. The summed E-state index contributed by atoms with van der Waals surface area (Å²) in [6.07, 6.45) is 1.88. The van der Waals surface area contributed by atoms with Gasteiger partial charge < -0.3 is 10.3 Å². The first-order valence-corrected chi connectivity index (χ1v) is 9.79. The molecule has 0 spiro atoms. The van der Waals surface area contributed by atoms with Crippen LogP contribution in [0.5, 0.6) is 0 Å². The second kappa shape index (κ2) is 7.17. The Hall–Kier alpha value is -2.50. The number of hydrogen-bond acceptors (Lipinski definition) is 3. The molecule has 5 heteroatoms. The number of H-pyrrole nitrogens is 1. The number of hydrogen-bond donors (Lipinski definition) is 2. The van der Waals surface area contributed by atoms with Crippen molar-refractivity contribution in [1.29, 1.82) is 0 Å². The fourth-order valence-electron chi connectivity index (χ4n) is 2.71. The van der Waals surface area contributed by atoms with Crippen LogP contribution in [0.1, 0.15) is 15.2 Å². The average molecular weight is 364 g/mol. The maximum atomic E-state index is 12.8. The van der Waals surface area contributed by atoms with E-state index >= 15 is 0 Å². The van der Waals surface area contributed by atoms with Gasteiger partial charge in [-0.2, -0.15) is 0 Å². The van der Waals surface area contributed by atoms with Crippen molar-refractivity contribution in [2.45, 2.75) is 10.6 Å². The third-order valence-corrected chi connectivity index (χ3v) is 6.11. The van der Waals surface area contributed by atoms with Gasteiger partial charge in [-0.1, -0.05) is 24.3 Å². The average Bonchev–Trinajstić information content (AvgIpc) is 3.32. The van der Waals surface area contributed by atoms with Crippen molar-refractivity contribution in [2.75, 3.05) is 5.32 Å². The van der Waals surface area contributed by atoms with Crippen LogP contribution in [0.15, 0.2) is 77.1 Å². The lowest BCUT2D eigenvalue weighted by Gasteiger charge is -2.10. The monoisotopic (exact) mass is 364 g/mol. The van der Waals surface area contributed by atoms with E-state index in [1.165, 1.54) is 4.88 Å². The molecular formula is C20H16N2OS2. The second-order valence-corrected chi connectivity index (χ2v) is 7.61. The van der Waals surface area contributed by atoms with E-state index in [-0.39, 0.29) is 5.91 Å². The summed E-state index contributed by atoms with van der Waals surface area (Å²) in [6, 6.07) is 19.8. The molecule has 0 saturated carbocycles. The van der Waals surface area contributed by atoms with Gasteiger partial charge in [-0.3, -0.25) is 4.79 Å². The minimum absolute atomic E-state index is 0.0806. The number of fused-ring (bicyclic) bond motifs is 1. The molecule has 2 N–H and O–H groups in total. The number of anilines is 1. The van der Waals surface area contributed by atoms with Crippen LogP contribution in [0.3, 0.4) is 0 Å². The van der Waals surface area contributed by atoms with Gasteiger partial charge in [0.25, 0.3) is 5.91 Å². The van der Waals surface area contributed by atoms with Crippen molar-refractivity contribution in [1.82, 2.24) is 4.98 Å². The van der Waals surface area contributed by atoms with Gasteiger partial charge in [0, 0.05) is 32.6 Å². The smallest absolute Gasteiger partial charge is 0.256 e. The highest BCUT2D eigenvalue weighted by Gasteiger charge is 2.13. The van der Waals surface area contributed by atoms with E-state index in [0.717, 1.165) is 27.2 Å². The lowest BCUT2D eigenvalue weighted by Crippen LogP contribution is -2.13. The molecule has 0 unspecified atom stereocenters. The Morgan fingerprint density at radius 3 is 2.84 bits per heavy atom. The van der Waals surface area contributed by atoms with Crippen molar-refractivity contribution >= 4 is 45.6 Å². The first kappa shape index (κ1) is 16.0. The normalized spacial score (nSPS) is 10.9. The highest BCUT2D eigenvalue weighted by molar-refractivity contribution is 7.98. The van der Waals surface area contributed by atoms with Crippen molar-refractivity contribution in [3.8, 4) is 0 Å². The molecule has 0 atom stereocenters. The van der Waals surface area contributed by atoms with Gasteiger partial charge in [0.1, 0.15) is 0 Å². The first-order valence-electron chi connectivity index (χ1n) is 7.93. The predicted octanol–water partition coefficient (Wildman–Crippen LogP) is 5.77. The number of carbonyl (C=O) groups excluding carboxylic acids is 1. The molecule has 3 nitrogen and oxygen atoms in total. The number of rotatable bonds is 5. The number of benzene rings is 2. The van der Waals surface area contributed by atoms with Crippen molar-refractivity contribution < 1.29 is 4.79 Å². The molecule has 1 amide bonds. The van der Waals surface area contributed by atoms with Gasteiger partial charge in [-0.15, -0.1) is 23.1 Å². The molecule has 0 bridgehead atoms. The maximum Gasteiger partial charge on any atom is 0.256 e. The van der Waals surface area contributed by atoms with Crippen LogP contribution in [-0.4, -0.2) is 10.9 Å². The summed E-state index contributed by atoms with van der Waals surface area (Å²) in [6.45, 7) is 0. The predicted molar refractivity (Wildman–Crippen MR) is 107 cm³/mol. The fraction of sp³-hybridized carbons (Fsp3) is 0.0500. The van der Waals surface area contributed by atoms with E-state index in [1.54, 1.807) is 23.1 Å². The summed E-state index contributed by atoms with van der Waals surface area (Å²) < 4.78 is 0. The van der Waals surface area contributed by atoms with E-state index < -0.39 is 0 Å². The van der Waals surface area contributed by atoms with E-state index in [0.29, 0.717) is 5.56 Å². The molecule has 4 aromatic rings. The number of thiophene rings is 1. The topological polar surface area (TPSA) is 44.9 Å². The number of aromatic nitrogens is 1. The van der Waals surface area contributed by atoms with Crippen LogP contribution in [-0.2, 0) is 5.75 Å². The molecule has 2 heterocycles. The summed E-state index contributed by atoms with van der Waals surface area (Å²) in [4.78, 5) is 18.3. The van der Waals surface area contributed by atoms with Crippen LogP contribution in [0, 0.1) is 0 Å². The first-order chi connectivity index (χ1) is 12.3. The molecule has 0 aliphatic rings. The van der Waals surface area contributed by atoms with Crippen molar-refractivity contribution in [3.05, 3.63) is 82.7 Å². The molecule has 25 heavy (non-hydrogen) atoms. The van der Waals surface area contributed by atoms with Gasteiger partial charge in [-0.25, -0.2) is 0 Å². The second-order valence-electron chi connectivity index (χ2n) is 5.56. The van der Waals surface area contributed by atoms with E-state index in [2.05, 4.69) is 27.8 Å². The lowest BCUT2D eigenvalue weighted by atomic mass is 10.2. The number of aromatic amines is 1. The standard InChI is InChI=1S/C20H16N2OS2/c23-20(22-18-8-3-7-17-15(18)10-11-21-17)16-6-1-2-9-19(16)25-13-14-5-4-12-24-14/h1-12,21H,13H2,(H,22,23). The molecule has 124 valence electrons. The molecular weight excluding hydrogens is 348 g/mol. The van der Waals surface area contributed by atoms with Gasteiger partial charge in [0.05, 0.1) is 11.3 Å². The van der Waals surface area contributed by atoms with Crippen molar-refractivity contribution in [2.24, 2.45) is 0 Å². The van der Waals surface area contributed by atoms with E-state index in [4.69, 9.17) is 0 Å². The minimum Gasteiger partial charge on any atom is -0.361 e. The summed E-state index contributed by atoms with van der Waals surface area (Å²) in [5.74, 6) is 0.790. The van der Waals surface area contributed by atoms with E-state index in [1.807, 2.05) is 54.7 Å². The van der Waals surface area contributed by atoms with Crippen LogP contribution in [0.2, 0.25) is 0 Å². The molecule has 4 rings (SSSR count). The zero-order chi connectivity index (χ0) is 17.1. The van der Waals surface area contributed by atoms with Gasteiger partial charge in [-0.05, 0) is 41.8 Å². The van der Waals surface area contributed by atoms with Gasteiger partial charge >= 0.3 is 0 Å². The Labute approximate surface area is 154 Å². The Bertz CT molecular complexity index is 1010. The van der Waals surface area contributed by atoms with Crippen LogP contribution in [0.25, 0.3) is 10.9 Å². The third kappa shape index (κ3) is 3.48. The SMILES string of the molecule is O=C(Nc1cccc2[nH]ccc12)c1ccccc1SCc1cccs1. The lowest BCUT2D eigenvalue weighted by molar-refractivity contribution is 0.102. The Kier molecular flexibility index (Phi) is 4.59. The summed E-state index contributed by atoms with van der Waals surface area (Å²) in [5.41, 5.74) is 2.54. The molecule has 0 aliphatic heterocycles. The Morgan fingerprint density at radius 2 is 1.96 bits per heavy atom. The number of carbonyl (C=O) groups is 1. The Balaban J connectivity index is 1.56. The largest absolute Gasteiger partial charge is 0.361 e. The highest BCUT2D eigenvalue weighted by atomic mass is 32.2. The molecule has 0 radical (unpaired) electrons.